The number of nitrogens with one attached hydrogen (secondary N) is 1. The molecular weight excluding hydrogens is 224 g/mol. The molecule has 0 radical (unpaired) electrons. The number of hydrogen-bond acceptors (Lipinski definition) is 4. The van der Waals surface area contributed by atoms with Crippen molar-refractivity contribution in [3.63, 3.8) is 0 Å². The molecule has 0 saturated carbocycles. The second-order valence-electron chi connectivity index (χ2n) is 4.77. The minimum atomic E-state index is 0.828. The molecule has 2 aromatic rings. The Labute approximate surface area is 107 Å². The Morgan fingerprint density at radius 2 is 2.00 bits per heavy atom. The van der Waals surface area contributed by atoms with E-state index in [9.17, 15) is 0 Å². The predicted octanol–water partition coefficient (Wildman–Crippen LogP) is 1.54. The average Bonchev–Trinajstić information content (AvgIpc) is 2.43. The first-order valence-corrected chi connectivity index (χ1v) is 6.37. The Hall–Kier alpha value is -1.81. The highest BCUT2D eigenvalue weighted by atomic mass is 15.2. The van der Waals surface area contributed by atoms with Crippen LogP contribution in [0.15, 0.2) is 24.4 Å². The molecule has 3 N–H and O–H groups in total. The number of hydrogen-bond donors (Lipinski definition) is 2. The number of nitrogens with two attached hydrogens (primary N) is 1. The maximum absolute atomic E-state index is 6.06. The molecule has 1 aromatic carbocycles. The van der Waals surface area contributed by atoms with Gasteiger partial charge in [0.1, 0.15) is 5.82 Å². The number of piperazine rings is 1. The third kappa shape index (κ3) is 1.78. The van der Waals surface area contributed by atoms with Gasteiger partial charge in [-0.15, -0.1) is 0 Å². The van der Waals surface area contributed by atoms with Crippen molar-refractivity contribution in [2.24, 2.45) is 0 Å². The van der Waals surface area contributed by atoms with Crippen molar-refractivity contribution in [1.29, 1.82) is 0 Å². The van der Waals surface area contributed by atoms with Crippen molar-refractivity contribution in [3.8, 4) is 0 Å². The van der Waals surface area contributed by atoms with Gasteiger partial charge in [0.15, 0.2) is 0 Å². The smallest absolute Gasteiger partial charge is 0.136 e. The normalized spacial score (nSPS) is 16.2. The number of aromatic nitrogens is 1. The summed E-state index contributed by atoms with van der Waals surface area (Å²) in [6, 6.07) is 6.05. The fourth-order valence-electron chi connectivity index (χ4n) is 2.58. The van der Waals surface area contributed by atoms with Crippen LogP contribution in [0.3, 0.4) is 0 Å². The first-order chi connectivity index (χ1) is 8.77. The Morgan fingerprint density at radius 3 is 2.78 bits per heavy atom. The highest BCUT2D eigenvalue weighted by molar-refractivity contribution is 6.01. The van der Waals surface area contributed by atoms with Gasteiger partial charge in [0.25, 0.3) is 0 Å². The number of nitrogen functional groups attached to an aromatic ring is 1. The monoisotopic (exact) mass is 242 g/mol. The van der Waals surface area contributed by atoms with Crippen LogP contribution in [0.4, 0.5) is 11.5 Å². The van der Waals surface area contributed by atoms with Crippen molar-refractivity contribution < 1.29 is 0 Å². The van der Waals surface area contributed by atoms with Gasteiger partial charge in [-0.2, -0.15) is 0 Å². The number of nitrogens with zero attached hydrogens (tertiary/aromatic N) is 2. The first kappa shape index (κ1) is 11.3. The van der Waals surface area contributed by atoms with Crippen molar-refractivity contribution in [1.82, 2.24) is 10.3 Å². The minimum absolute atomic E-state index is 0.828. The van der Waals surface area contributed by atoms with E-state index in [2.05, 4.69) is 28.2 Å². The van der Waals surface area contributed by atoms with Crippen LogP contribution >= 0.6 is 0 Å². The topological polar surface area (TPSA) is 54.2 Å². The van der Waals surface area contributed by atoms with Crippen molar-refractivity contribution in [2.75, 3.05) is 36.8 Å². The maximum atomic E-state index is 6.06. The third-order valence-electron chi connectivity index (χ3n) is 3.57. The first-order valence-electron chi connectivity index (χ1n) is 6.37. The number of anilines is 2. The second kappa shape index (κ2) is 4.46. The molecule has 3 rings (SSSR count). The van der Waals surface area contributed by atoms with Crippen LogP contribution in [0, 0.1) is 6.92 Å². The Bertz CT molecular complexity index is 573. The quantitative estimate of drug-likeness (QED) is 0.745. The standard InChI is InChI=1S/C14H18N4/c1-10-2-3-12(15)11-4-5-17-14(13(10)11)18-8-6-16-7-9-18/h2-5,16H,6-9,15H2,1H3. The van der Waals surface area contributed by atoms with Crippen LogP contribution in [-0.2, 0) is 0 Å². The number of benzene rings is 1. The summed E-state index contributed by atoms with van der Waals surface area (Å²) in [6.45, 7) is 6.15. The van der Waals surface area contributed by atoms with Crippen molar-refractivity contribution in [3.05, 3.63) is 30.0 Å². The van der Waals surface area contributed by atoms with Crippen LogP contribution in [0.1, 0.15) is 5.56 Å². The molecule has 0 unspecified atom stereocenters. The van der Waals surface area contributed by atoms with Gasteiger partial charge in [0.05, 0.1) is 0 Å². The minimum Gasteiger partial charge on any atom is -0.398 e. The summed E-state index contributed by atoms with van der Waals surface area (Å²) in [7, 11) is 0. The van der Waals surface area contributed by atoms with Crippen LogP contribution in [0.5, 0.6) is 0 Å². The summed E-state index contributed by atoms with van der Waals surface area (Å²) in [5.74, 6) is 1.07. The molecule has 0 aliphatic carbocycles. The molecule has 1 saturated heterocycles. The van der Waals surface area contributed by atoms with E-state index in [0.29, 0.717) is 0 Å². The van der Waals surface area contributed by atoms with Crippen LogP contribution in [0.25, 0.3) is 10.8 Å². The van der Waals surface area contributed by atoms with Crippen LogP contribution in [-0.4, -0.2) is 31.2 Å². The Balaban J connectivity index is 2.19. The molecule has 1 aliphatic heterocycles. The lowest BCUT2D eigenvalue weighted by molar-refractivity contribution is 0.586. The van der Waals surface area contributed by atoms with E-state index in [1.54, 1.807) is 0 Å². The predicted molar refractivity (Wildman–Crippen MR) is 76.0 cm³/mol. The number of pyridine rings is 1. The zero-order chi connectivity index (χ0) is 12.5. The van der Waals surface area contributed by atoms with E-state index in [1.165, 1.54) is 10.9 Å². The lowest BCUT2D eigenvalue weighted by atomic mass is 10.0. The zero-order valence-electron chi connectivity index (χ0n) is 10.6. The number of rotatable bonds is 1. The summed E-state index contributed by atoms with van der Waals surface area (Å²) in [5, 5.41) is 5.67. The third-order valence-corrected chi connectivity index (χ3v) is 3.57. The van der Waals surface area contributed by atoms with Crippen LogP contribution < -0.4 is 16.0 Å². The van der Waals surface area contributed by atoms with E-state index in [0.717, 1.165) is 43.1 Å². The van der Waals surface area contributed by atoms with Crippen molar-refractivity contribution in [2.45, 2.75) is 6.92 Å². The molecule has 0 amide bonds. The molecule has 0 spiro atoms. The van der Waals surface area contributed by atoms with E-state index < -0.39 is 0 Å². The highest BCUT2D eigenvalue weighted by Crippen LogP contribution is 2.31. The molecule has 18 heavy (non-hydrogen) atoms. The summed E-state index contributed by atoms with van der Waals surface area (Å²) in [5.41, 5.74) is 8.13. The molecule has 4 heteroatoms. The van der Waals surface area contributed by atoms with Gasteiger partial charge < -0.3 is 16.0 Å². The van der Waals surface area contributed by atoms with Gasteiger partial charge in [0, 0.05) is 48.8 Å². The molecule has 1 aliphatic rings. The Morgan fingerprint density at radius 1 is 1.22 bits per heavy atom. The molecule has 2 heterocycles. The largest absolute Gasteiger partial charge is 0.398 e. The maximum Gasteiger partial charge on any atom is 0.136 e. The summed E-state index contributed by atoms with van der Waals surface area (Å²) in [4.78, 5) is 6.91. The molecule has 1 aromatic heterocycles. The summed E-state index contributed by atoms with van der Waals surface area (Å²) >= 11 is 0. The number of fused-ring (bicyclic) bond motifs is 1. The molecular formula is C14H18N4. The lowest BCUT2D eigenvalue weighted by Crippen LogP contribution is -2.44. The van der Waals surface area contributed by atoms with Gasteiger partial charge in [-0.25, -0.2) is 4.98 Å². The molecule has 1 fully saturated rings. The van der Waals surface area contributed by atoms with E-state index in [4.69, 9.17) is 5.73 Å². The SMILES string of the molecule is Cc1ccc(N)c2ccnc(N3CCNCC3)c12. The zero-order valence-corrected chi connectivity index (χ0v) is 10.6. The van der Waals surface area contributed by atoms with E-state index in [1.807, 2.05) is 18.3 Å². The van der Waals surface area contributed by atoms with Crippen molar-refractivity contribution >= 4 is 22.3 Å². The Kier molecular flexibility index (Phi) is 2.80. The lowest BCUT2D eigenvalue weighted by Gasteiger charge is -2.29. The van der Waals surface area contributed by atoms with Gasteiger partial charge in [-0.1, -0.05) is 6.07 Å². The van der Waals surface area contributed by atoms with E-state index >= 15 is 0 Å². The van der Waals surface area contributed by atoms with Gasteiger partial charge in [0.2, 0.25) is 0 Å². The van der Waals surface area contributed by atoms with Gasteiger partial charge >= 0.3 is 0 Å². The molecule has 0 bridgehead atoms. The average molecular weight is 242 g/mol. The molecule has 0 atom stereocenters. The molecule has 94 valence electrons. The van der Waals surface area contributed by atoms with E-state index in [-0.39, 0.29) is 0 Å². The highest BCUT2D eigenvalue weighted by Gasteiger charge is 2.16. The van der Waals surface area contributed by atoms with Gasteiger partial charge in [-0.05, 0) is 24.6 Å². The fourth-order valence-corrected chi connectivity index (χ4v) is 2.58. The molecule has 4 nitrogen and oxygen atoms in total. The second-order valence-corrected chi connectivity index (χ2v) is 4.77. The summed E-state index contributed by atoms with van der Waals surface area (Å²) < 4.78 is 0. The number of aryl methyl sites for hydroxylation is 1. The van der Waals surface area contributed by atoms with Crippen LogP contribution in [0.2, 0.25) is 0 Å². The van der Waals surface area contributed by atoms with Gasteiger partial charge in [-0.3, -0.25) is 0 Å². The fraction of sp³-hybridized carbons (Fsp3) is 0.357. The summed E-state index contributed by atoms with van der Waals surface area (Å²) in [6.07, 6.45) is 1.86.